The highest BCUT2D eigenvalue weighted by atomic mass is 35.5. The van der Waals surface area contributed by atoms with Crippen molar-refractivity contribution in [2.24, 2.45) is 11.5 Å². The summed E-state index contributed by atoms with van der Waals surface area (Å²) in [5.41, 5.74) is 9.74. The molecule has 0 aliphatic rings. The first-order valence-corrected chi connectivity index (χ1v) is 2.92. The second-order valence-corrected chi connectivity index (χ2v) is 1.80. The average Bonchev–Trinajstić information content (AvgIpc) is 1.98. The topological polar surface area (TPSA) is 95.4 Å². The lowest BCUT2D eigenvalue weighted by Gasteiger charge is -2.05. The Labute approximate surface area is 88.3 Å². The summed E-state index contributed by atoms with van der Waals surface area (Å²) in [7, 11) is 0. The van der Waals surface area contributed by atoms with Gasteiger partial charge in [-0.3, -0.25) is 4.79 Å². The first-order valence-electron chi connectivity index (χ1n) is 2.92. The minimum absolute atomic E-state index is 0. The fourth-order valence-corrected chi connectivity index (χ4v) is 0.347. The summed E-state index contributed by atoms with van der Waals surface area (Å²) in [5.74, 6) is -1.74. The molecule has 1 unspecified atom stereocenters. The van der Waals surface area contributed by atoms with Crippen molar-refractivity contribution in [3.05, 3.63) is 12.7 Å². The second-order valence-electron chi connectivity index (χ2n) is 1.80. The van der Waals surface area contributed by atoms with E-state index in [1.165, 1.54) is 6.08 Å². The van der Waals surface area contributed by atoms with Crippen LogP contribution < -0.4 is 11.5 Å². The molecule has 0 spiro atoms. The van der Waals surface area contributed by atoms with E-state index in [1.807, 2.05) is 0 Å². The van der Waals surface area contributed by atoms with E-state index in [2.05, 4.69) is 11.3 Å². The lowest BCUT2D eigenvalue weighted by atomic mass is 10.3. The summed E-state index contributed by atoms with van der Waals surface area (Å²) in [6.45, 7) is 3.33. The maximum absolute atomic E-state index is 10.6. The Bertz CT molecular complexity index is 187. The van der Waals surface area contributed by atoms with Crippen LogP contribution in [0.5, 0.6) is 0 Å². The number of hydrogen-bond acceptors (Lipinski definition) is 4. The van der Waals surface area contributed by atoms with Crippen molar-refractivity contribution in [3.8, 4) is 0 Å². The quantitative estimate of drug-likeness (QED) is 0.382. The Morgan fingerprint density at radius 3 is 2.23 bits per heavy atom. The number of ether oxygens (including phenoxy) is 1. The summed E-state index contributed by atoms with van der Waals surface area (Å²) < 4.78 is 4.43. The van der Waals surface area contributed by atoms with Crippen molar-refractivity contribution in [2.75, 3.05) is 6.61 Å². The van der Waals surface area contributed by atoms with Gasteiger partial charge in [-0.1, -0.05) is 12.7 Å². The molecule has 7 heteroatoms. The Morgan fingerprint density at radius 1 is 1.46 bits per heavy atom. The van der Waals surface area contributed by atoms with Crippen molar-refractivity contribution < 1.29 is 14.3 Å². The summed E-state index contributed by atoms with van der Waals surface area (Å²) >= 11 is 0. The van der Waals surface area contributed by atoms with E-state index >= 15 is 0 Å². The molecule has 0 aromatic rings. The summed E-state index contributed by atoms with van der Waals surface area (Å²) in [6.07, 6.45) is 1.37. The summed E-state index contributed by atoms with van der Waals surface area (Å²) in [6, 6.07) is -1.38. The van der Waals surface area contributed by atoms with E-state index in [4.69, 9.17) is 11.5 Å². The van der Waals surface area contributed by atoms with Crippen LogP contribution in [-0.4, -0.2) is 24.5 Å². The van der Waals surface area contributed by atoms with Crippen molar-refractivity contribution in [2.45, 2.75) is 6.04 Å². The predicted octanol–water partition coefficient (Wildman–Crippen LogP) is -0.628. The molecular formula is C6H12Cl2N2O3. The lowest BCUT2D eigenvalue weighted by molar-refractivity contribution is -0.146. The molecule has 13 heavy (non-hydrogen) atoms. The molecule has 0 bridgehead atoms. The van der Waals surface area contributed by atoms with Crippen LogP contribution in [0.1, 0.15) is 0 Å². The monoisotopic (exact) mass is 230 g/mol. The third-order valence-electron chi connectivity index (χ3n) is 0.904. The zero-order chi connectivity index (χ0) is 8.85. The fraction of sp³-hybridized carbons (Fsp3) is 0.333. The van der Waals surface area contributed by atoms with Crippen LogP contribution in [0.15, 0.2) is 12.7 Å². The number of carbonyl (C=O) groups is 2. The van der Waals surface area contributed by atoms with Crippen LogP contribution in [0, 0.1) is 0 Å². The van der Waals surface area contributed by atoms with Gasteiger partial charge < -0.3 is 16.2 Å². The summed E-state index contributed by atoms with van der Waals surface area (Å²) in [5, 5.41) is 0. The van der Waals surface area contributed by atoms with Crippen LogP contribution >= 0.6 is 24.8 Å². The van der Waals surface area contributed by atoms with Crippen molar-refractivity contribution >= 4 is 36.7 Å². The normalized spacial score (nSPS) is 9.92. The van der Waals surface area contributed by atoms with Gasteiger partial charge in [0, 0.05) is 0 Å². The largest absolute Gasteiger partial charge is 0.460 e. The molecule has 1 amide bonds. The number of rotatable bonds is 4. The molecular weight excluding hydrogens is 219 g/mol. The number of halogens is 2. The molecule has 0 radical (unpaired) electrons. The zero-order valence-corrected chi connectivity index (χ0v) is 8.40. The van der Waals surface area contributed by atoms with Crippen molar-refractivity contribution in [1.29, 1.82) is 0 Å². The lowest BCUT2D eigenvalue weighted by Crippen LogP contribution is -2.44. The van der Waals surface area contributed by atoms with Gasteiger partial charge >= 0.3 is 5.97 Å². The van der Waals surface area contributed by atoms with E-state index in [0.29, 0.717) is 0 Å². The molecule has 0 aromatic carbocycles. The molecule has 5 nitrogen and oxygen atoms in total. The SMILES string of the molecule is C=CCOC(=O)C(N)C(N)=O.Cl.Cl. The van der Waals surface area contributed by atoms with Gasteiger partial charge in [0.15, 0.2) is 6.04 Å². The van der Waals surface area contributed by atoms with Crippen LogP contribution in [0.3, 0.4) is 0 Å². The van der Waals surface area contributed by atoms with Gasteiger partial charge in [0.1, 0.15) is 6.61 Å². The van der Waals surface area contributed by atoms with Gasteiger partial charge in [-0.2, -0.15) is 0 Å². The highest BCUT2D eigenvalue weighted by Gasteiger charge is 2.19. The number of primary amides is 1. The Morgan fingerprint density at radius 2 is 1.92 bits per heavy atom. The average molecular weight is 231 g/mol. The molecule has 0 aliphatic carbocycles. The van der Waals surface area contributed by atoms with E-state index in [0.717, 1.165) is 0 Å². The van der Waals surface area contributed by atoms with Gasteiger partial charge in [0.2, 0.25) is 5.91 Å². The molecule has 78 valence electrons. The van der Waals surface area contributed by atoms with Gasteiger partial charge in [0.25, 0.3) is 0 Å². The maximum atomic E-state index is 10.6. The molecule has 0 rings (SSSR count). The maximum Gasteiger partial charge on any atom is 0.333 e. The standard InChI is InChI=1S/C6H10N2O3.2ClH/c1-2-3-11-6(10)4(7)5(8)9;;/h2,4H,1,3,7H2,(H2,8,9);2*1H. The molecule has 1 atom stereocenters. The molecule has 0 heterocycles. The van der Waals surface area contributed by atoms with Gasteiger partial charge in [0.05, 0.1) is 0 Å². The molecule has 0 fully saturated rings. The number of amides is 1. The third-order valence-corrected chi connectivity index (χ3v) is 0.904. The van der Waals surface area contributed by atoms with Crippen molar-refractivity contribution in [3.63, 3.8) is 0 Å². The van der Waals surface area contributed by atoms with Crippen LogP contribution in [-0.2, 0) is 14.3 Å². The Balaban J connectivity index is -0.000000500. The predicted molar refractivity (Wildman–Crippen MR) is 52.8 cm³/mol. The second kappa shape index (κ2) is 9.31. The van der Waals surface area contributed by atoms with Gasteiger partial charge in [-0.05, 0) is 0 Å². The number of nitrogens with two attached hydrogens (primary N) is 2. The van der Waals surface area contributed by atoms with E-state index < -0.39 is 17.9 Å². The van der Waals surface area contributed by atoms with E-state index in [9.17, 15) is 9.59 Å². The highest BCUT2D eigenvalue weighted by Crippen LogP contribution is 1.84. The Hall–Kier alpha value is -0.780. The summed E-state index contributed by atoms with van der Waals surface area (Å²) in [4.78, 5) is 20.9. The first-order chi connectivity index (χ1) is 5.09. The van der Waals surface area contributed by atoms with Crippen LogP contribution in [0.2, 0.25) is 0 Å². The van der Waals surface area contributed by atoms with E-state index in [-0.39, 0.29) is 31.4 Å². The molecule has 0 saturated heterocycles. The van der Waals surface area contributed by atoms with Gasteiger partial charge in [-0.25, -0.2) is 4.79 Å². The first kappa shape index (κ1) is 18.1. The minimum Gasteiger partial charge on any atom is -0.460 e. The van der Waals surface area contributed by atoms with Gasteiger partial charge in [-0.15, -0.1) is 24.8 Å². The molecule has 0 aliphatic heterocycles. The number of hydrogen-bond donors (Lipinski definition) is 2. The van der Waals surface area contributed by atoms with E-state index in [1.54, 1.807) is 0 Å². The third kappa shape index (κ3) is 7.58. The van der Waals surface area contributed by atoms with Crippen LogP contribution in [0.4, 0.5) is 0 Å². The molecule has 0 saturated carbocycles. The fourth-order valence-electron chi connectivity index (χ4n) is 0.347. The van der Waals surface area contributed by atoms with Crippen molar-refractivity contribution in [1.82, 2.24) is 0 Å². The van der Waals surface area contributed by atoms with Crippen LogP contribution in [0.25, 0.3) is 0 Å². The zero-order valence-electron chi connectivity index (χ0n) is 6.76. The molecule has 0 aromatic heterocycles. The highest BCUT2D eigenvalue weighted by molar-refractivity contribution is 6.00. The Kier molecular flexibility index (Phi) is 13.0. The molecule has 4 N–H and O–H groups in total. The number of esters is 1. The minimum atomic E-state index is -1.38. The number of carbonyl (C=O) groups excluding carboxylic acids is 2. The smallest absolute Gasteiger partial charge is 0.333 e.